The van der Waals surface area contributed by atoms with Crippen LogP contribution in [-0.2, 0) is 0 Å². The molecule has 2 aromatic rings. The van der Waals surface area contributed by atoms with Crippen molar-refractivity contribution >= 4 is 12.6 Å². The van der Waals surface area contributed by atoms with Gasteiger partial charge in [0.05, 0.1) is 0 Å². The van der Waals surface area contributed by atoms with Crippen molar-refractivity contribution in [2.45, 2.75) is 0 Å². The Morgan fingerprint density at radius 1 is 1.25 bits per heavy atom. The van der Waals surface area contributed by atoms with Crippen molar-refractivity contribution < 1.29 is 47.9 Å². The summed E-state index contributed by atoms with van der Waals surface area (Å²) in [6.07, 6.45) is 7.66. The zero-order chi connectivity index (χ0) is 11.4. The number of aromatic nitrogens is 4. The molecule has 2 aromatic heterocycles. The first-order valence-corrected chi connectivity index (χ1v) is 8.82. The molecule has 0 fully saturated rings. The van der Waals surface area contributed by atoms with Gasteiger partial charge in [-0.1, -0.05) is 0 Å². The van der Waals surface area contributed by atoms with E-state index in [0.717, 1.165) is 0.735 Å². The van der Waals surface area contributed by atoms with E-state index in [1.807, 2.05) is 6.07 Å². The van der Waals surface area contributed by atoms with E-state index in [1.165, 1.54) is 18.7 Å². The Labute approximate surface area is 121 Å². The minimum absolute atomic E-state index is 0.0590. The summed E-state index contributed by atoms with van der Waals surface area (Å²) in [5.74, 6) is 0.0590. The molecule has 0 unspecified atom stereocenters. The molecule has 1 N–H and O–H groups in total. The fraction of sp³-hybridized carbons (Fsp3) is 0. The number of rotatable bonds is 2. The third kappa shape index (κ3) is 3.08. The second-order valence-electron chi connectivity index (χ2n) is 3.20. The summed E-state index contributed by atoms with van der Waals surface area (Å²) < 4.78 is 1.07. The zero-order valence-electron chi connectivity index (χ0n) is 8.70. The first kappa shape index (κ1) is 11.6. The van der Waals surface area contributed by atoms with Crippen molar-refractivity contribution in [2.24, 2.45) is 0 Å². The van der Waals surface area contributed by atoms with Gasteiger partial charge in [-0.3, -0.25) is 0 Å². The molecule has 76 valence electrons. The van der Waals surface area contributed by atoms with Crippen LogP contribution in [0, 0.1) is 42.8 Å². The molecule has 0 atom stereocenters. The molecule has 0 amide bonds. The predicted molar refractivity (Wildman–Crippen MR) is 55.6 cm³/mol. The van der Waals surface area contributed by atoms with Crippen LogP contribution < -0.4 is 0.735 Å². The van der Waals surface area contributed by atoms with Gasteiger partial charge in [0.2, 0.25) is 0 Å². The fourth-order valence-electron chi connectivity index (χ4n) is 1.20. The Morgan fingerprint density at radius 3 is 2.81 bits per heavy atom. The summed E-state index contributed by atoms with van der Waals surface area (Å²) in [6.45, 7) is 0. The monoisotopic (exact) mass is 426 g/mol. The van der Waals surface area contributed by atoms with Crippen LogP contribution in [0.25, 0.3) is 11.8 Å². The van der Waals surface area contributed by atoms with E-state index >= 15 is 0 Å². The van der Waals surface area contributed by atoms with Crippen LogP contribution in [0.1, 0.15) is 11.4 Å². The Bertz CT molecular complexity index is 515. The van der Waals surface area contributed by atoms with Crippen molar-refractivity contribution in [1.29, 1.82) is 0 Å². The number of hydrogen-bond donors (Lipinski definition) is 1. The molecule has 16 heavy (non-hydrogen) atoms. The Hall–Kier alpha value is -0.832. The van der Waals surface area contributed by atoms with E-state index in [2.05, 4.69) is 19.9 Å². The molecule has 0 saturated carbocycles. The van der Waals surface area contributed by atoms with Crippen LogP contribution in [0.2, 0.25) is 0 Å². The molecule has 0 aliphatic heterocycles. The number of hydrogen-bond acceptors (Lipinski definition) is 5. The van der Waals surface area contributed by atoms with E-state index in [4.69, 9.17) is 0 Å². The number of aliphatic hydroxyl groups excluding tert-OH is 1. The molecule has 0 bridgehead atoms. The molecule has 0 aromatic carbocycles. The average Bonchev–Trinajstić information content (AvgIpc) is 2.30. The third-order valence-corrected chi connectivity index (χ3v) is 4.18. The quantitative estimate of drug-likeness (QED) is 0.697. The first-order valence-electron chi connectivity index (χ1n) is 4.71. The van der Waals surface area contributed by atoms with Crippen molar-refractivity contribution in [2.75, 3.05) is 0 Å². The van der Waals surface area contributed by atoms with Crippen molar-refractivity contribution in [1.82, 2.24) is 19.9 Å². The van der Waals surface area contributed by atoms with Gasteiger partial charge in [0.15, 0.2) is 0 Å². The normalized spacial score (nSPS) is 11.3. The summed E-state index contributed by atoms with van der Waals surface area (Å²) in [7, 11) is 0. The second kappa shape index (κ2) is 5.48. The van der Waals surface area contributed by atoms with E-state index in [9.17, 15) is 5.11 Å². The average molecular weight is 426 g/mol. The first-order chi connectivity index (χ1) is 7.75. The van der Waals surface area contributed by atoms with Crippen molar-refractivity contribution in [3.8, 4) is 0 Å². The standard InChI is InChI=1S/C10H7N4O.Ra.H/c15-10(9-6-11-3-4-13-9)5-8-1-2-12-7-14-8;;/h1,3-7,15H;;/b10-5-;;. The fourth-order valence-corrected chi connectivity index (χ4v) is 2.89. The maximum absolute atomic E-state index is 9.78. The van der Waals surface area contributed by atoms with Gasteiger partial charge in [-0.25, -0.2) is 0 Å². The van der Waals surface area contributed by atoms with E-state index in [0.29, 0.717) is 11.4 Å². The molecule has 0 spiro atoms. The van der Waals surface area contributed by atoms with Crippen LogP contribution in [0.3, 0.4) is 0 Å². The van der Waals surface area contributed by atoms with E-state index in [1.54, 1.807) is 12.3 Å². The molecule has 0 saturated heterocycles. The SMILES string of the molecule is O/C(=C\c1c[c]([RaH])ncn1)c1cnccn1. The number of aliphatic hydroxyl groups is 1. The second-order valence-corrected chi connectivity index (χ2v) is 7.42. The maximum atomic E-state index is 9.78. The van der Waals surface area contributed by atoms with Crippen LogP contribution >= 0.6 is 0 Å². The van der Waals surface area contributed by atoms with Gasteiger partial charge in [0.1, 0.15) is 0 Å². The van der Waals surface area contributed by atoms with Gasteiger partial charge >= 0.3 is 123 Å². The predicted octanol–water partition coefficient (Wildman–Crippen LogP) is 0.230. The van der Waals surface area contributed by atoms with Gasteiger partial charge in [0.25, 0.3) is 0 Å². The number of nitrogens with zero attached hydrogens (tertiary/aromatic N) is 4. The van der Waals surface area contributed by atoms with Gasteiger partial charge in [-0.2, -0.15) is 0 Å². The van der Waals surface area contributed by atoms with Gasteiger partial charge in [-0.15, -0.1) is 0 Å². The third-order valence-electron chi connectivity index (χ3n) is 1.94. The van der Waals surface area contributed by atoms with E-state index in [-0.39, 0.29) is 48.6 Å². The summed E-state index contributed by atoms with van der Waals surface area (Å²) in [5, 5.41) is 9.78. The molecule has 6 heteroatoms. The van der Waals surface area contributed by atoms with Gasteiger partial charge in [0, 0.05) is 0 Å². The summed E-state index contributed by atoms with van der Waals surface area (Å²) >= 11 is 0.196. The molecular formula is C10H8N4ORa. The Kier molecular flexibility index (Phi) is 3.99. The molecule has 0 aliphatic carbocycles. The van der Waals surface area contributed by atoms with Crippen LogP contribution in [-0.4, -0.2) is 25.0 Å². The van der Waals surface area contributed by atoms with Gasteiger partial charge in [-0.05, 0) is 0 Å². The summed E-state index contributed by atoms with van der Waals surface area (Å²) in [5.41, 5.74) is 1.13. The molecule has 0 radical (unpaired) electrons. The molecular weight excluding hydrogens is 418 g/mol. The van der Waals surface area contributed by atoms with Gasteiger partial charge < -0.3 is 0 Å². The molecule has 5 nitrogen and oxygen atoms in total. The van der Waals surface area contributed by atoms with Crippen molar-refractivity contribution in [3.05, 3.63) is 42.4 Å². The topological polar surface area (TPSA) is 71.8 Å². The van der Waals surface area contributed by atoms with Crippen LogP contribution in [0.5, 0.6) is 0 Å². The van der Waals surface area contributed by atoms with E-state index < -0.39 is 0 Å². The zero-order valence-corrected chi connectivity index (χ0v) is 16.9. The summed E-state index contributed by atoms with van der Waals surface area (Å²) in [6, 6.07) is 1.87. The molecule has 0 aliphatic rings. The van der Waals surface area contributed by atoms with Crippen LogP contribution in [0.15, 0.2) is 31.0 Å². The molecule has 2 rings (SSSR count). The summed E-state index contributed by atoms with van der Waals surface area (Å²) in [4.78, 5) is 16.0. The Balaban J connectivity index is 2.32. The Morgan fingerprint density at radius 2 is 2.12 bits per heavy atom. The molecule has 2 heterocycles. The van der Waals surface area contributed by atoms with Crippen molar-refractivity contribution in [3.63, 3.8) is 0 Å². The minimum atomic E-state index is 0.0590. The van der Waals surface area contributed by atoms with Crippen LogP contribution in [0.4, 0.5) is 0 Å².